The van der Waals surface area contributed by atoms with Gasteiger partial charge in [0.2, 0.25) is 0 Å². The molecule has 0 fully saturated rings. The maximum atomic E-state index is 12.3. The van der Waals surface area contributed by atoms with Crippen LogP contribution in [-0.4, -0.2) is 25.0 Å². The third-order valence-electron chi connectivity index (χ3n) is 3.03. The zero-order valence-corrected chi connectivity index (χ0v) is 10.5. The van der Waals surface area contributed by atoms with Gasteiger partial charge in [-0.3, -0.25) is 13.8 Å². The molecule has 2 aromatic heterocycles. The molecule has 1 N–H and O–H groups in total. The van der Waals surface area contributed by atoms with E-state index in [1.165, 1.54) is 17.9 Å². The van der Waals surface area contributed by atoms with Gasteiger partial charge >= 0.3 is 5.97 Å². The van der Waals surface area contributed by atoms with E-state index in [0.717, 1.165) is 0 Å². The molecule has 3 aromatic rings. The standard InChI is InChI=1S/C12H8ClN3O3/c1-15-10-9(12(18)19)14-5-16(10)7-4-2-3-6(13)8(7)11(15)17/h2-5H,1H3,(H,18,19). The predicted octanol–water partition coefficient (Wildman–Crippen LogP) is 1.54. The van der Waals surface area contributed by atoms with Crippen LogP contribution in [0.25, 0.3) is 16.6 Å². The third-order valence-corrected chi connectivity index (χ3v) is 3.35. The number of fused-ring (bicyclic) bond motifs is 3. The van der Waals surface area contributed by atoms with Crippen molar-refractivity contribution < 1.29 is 9.90 Å². The lowest BCUT2D eigenvalue weighted by Crippen LogP contribution is -2.21. The number of carboxylic acids is 1. The first kappa shape index (κ1) is 11.7. The number of benzene rings is 1. The molecular formula is C12H8ClN3O3. The molecule has 0 atom stereocenters. The first-order chi connectivity index (χ1) is 9.02. The van der Waals surface area contributed by atoms with Crippen LogP contribution >= 0.6 is 11.6 Å². The molecule has 0 amide bonds. The zero-order valence-electron chi connectivity index (χ0n) is 9.79. The second-order valence-electron chi connectivity index (χ2n) is 4.09. The highest BCUT2D eigenvalue weighted by atomic mass is 35.5. The number of aryl methyl sites for hydroxylation is 1. The van der Waals surface area contributed by atoms with Crippen LogP contribution in [0.15, 0.2) is 29.3 Å². The first-order valence-electron chi connectivity index (χ1n) is 5.40. The summed E-state index contributed by atoms with van der Waals surface area (Å²) in [6.45, 7) is 0. The van der Waals surface area contributed by atoms with Crippen molar-refractivity contribution in [2.45, 2.75) is 0 Å². The number of imidazole rings is 1. The molecule has 0 unspecified atom stereocenters. The van der Waals surface area contributed by atoms with Crippen molar-refractivity contribution in [2.75, 3.05) is 0 Å². The molecule has 1 aromatic carbocycles. The molecule has 19 heavy (non-hydrogen) atoms. The fraction of sp³-hybridized carbons (Fsp3) is 0.0833. The van der Waals surface area contributed by atoms with Crippen molar-refractivity contribution in [2.24, 2.45) is 7.05 Å². The number of carbonyl (C=O) groups is 1. The SMILES string of the molecule is Cn1c(=O)c2c(Cl)cccc2n2cnc(C(=O)O)c12. The maximum Gasteiger partial charge on any atom is 0.358 e. The average Bonchev–Trinajstić information content (AvgIpc) is 2.80. The van der Waals surface area contributed by atoms with Crippen LogP contribution in [0.4, 0.5) is 0 Å². The van der Waals surface area contributed by atoms with Gasteiger partial charge in [0.25, 0.3) is 5.56 Å². The topological polar surface area (TPSA) is 76.6 Å². The summed E-state index contributed by atoms with van der Waals surface area (Å²) in [6, 6.07) is 5.01. The summed E-state index contributed by atoms with van der Waals surface area (Å²) in [6.07, 6.45) is 1.37. The van der Waals surface area contributed by atoms with Crippen LogP contribution in [0.3, 0.4) is 0 Å². The number of aromatic nitrogens is 3. The van der Waals surface area contributed by atoms with Gasteiger partial charge in [-0.2, -0.15) is 0 Å². The Bertz CT molecular complexity index is 894. The summed E-state index contributed by atoms with van der Waals surface area (Å²) in [5.41, 5.74) is 0.246. The molecule has 2 heterocycles. The van der Waals surface area contributed by atoms with E-state index in [1.54, 1.807) is 22.6 Å². The third kappa shape index (κ3) is 1.47. The lowest BCUT2D eigenvalue weighted by atomic mass is 10.2. The number of hydrogen-bond donors (Lipinski definition) is 1. The number of rotatable bonds is 1. The van der Waals surface area contributed by atoms with Crippen LogP contribution in [0.2, 0.25) is 5.02 Å². The van der Waals surface area contributed by atoms with Crippen molar-refractivity contribution in [3.8, 4) is 0 Å². The Balaban J connectivity index is 2.68. The molecule has 7 heteroatoms. The van der Waals surface area contributed by atoms with E-state index >= 15 is 0 Å². The zero-order chi connectivity index (χ0) is 13.7. The van der Waals surface area contributed by atoms with E-state index in [1.807, 2.05) is 0 Å². The summed E-state index contributed by atoms with van der Waals surface area (Å²) in [7, 11) is 1.49. The second-order valence-corrected chi connectivity index (χ2v) is 4.50. The predicted molar refractivity (Wildman–Crippen MR) is 69.9 cm³/mol. The van der Waals surface area contributed by atoms with Crippen molar-refractivity contribution in [3.05, 3.63) is 45.6 Å². The molecular weight excluding hydrogens is 270 g/mol. The van der Waals surface area contributed by atoms with E-state index in [0.29, 0.717) is 15.9 Å². The molecule has 0 saturated heterocycles. The fourth-order valence-corrected chi connectivity index (χ4v) is 2.43. The molecule has 0 bridgehead atoms. The summed E-state index contributed by atoms with van der Waals surface area (Å²) in [5, 5.41) is 9.76. The van der Waals surface area contributed by atoms with E-state index in [2.05, 4.69) is 4.98 Å². The number of hydrogen-bond acceptors (Lipinski definition) is 3. The summed E-state index contributed by atoms with van der Waals surface area (Å²) >= 11 is 6.04. The number of aromatic carboxylic acids is 1. The van der Waals surface area contributed by atoms with Gasteiger partial charge in [-0.05, 0) is 12.1 Å². The molecule has 96 valence electrons. The van der Waals surface area contributed by atoms with Crippen molar-refractivity contribution in [3.63, 3.8) is 0 Å². The molecule has 3 rings (SSSR count). The normalized spacial score (nSPS) is 11.3. The van der Waals surface area contributed by atoms with Gasteiger partial charge in [0.05, 0.1) is 15.9 Å². The van der Waals surface area contributed by atoms with Gasteiger partial charge < -0.3 is 5.11 Å². The Morgan fingerprint density at radius 2 is 2.16 bits per heavy atom. The monoisotopic (exact) mass is 277 g/mol. The van der Waals surface area contributed by atoms with E-state index in [4.69, 9.17) is 16.7 Å². The van der Waals surface area contributed by atoms with Crippen LogP contribution in [0.5, 0.6) is 0 Å². The van der Waals surface area contributed by atoms with Gasteiger partial charge in [0, 0.05) is 7.05 Å². The smallest absolute Gasteiger partial charge is 0.358 e. The second kappa shape index (κ2) is 3.83. The Morgan fingerprint density at radius 1 is 1.42 bits per heavy atom. The van der Waals surface area contributed by atoms with Crippen molar-refractivity contribution in [1.82, 2.24) is 14.0 Å². The van der Waals surface area contributed by atoms with Crippen molar-refractivity contribution >= 4 is 34.1 Å². The lowest BCUT2D eigenvalue weighted by Gasteiger charge is -2.08. The quantitative estimate of drug-likeness (QED) is 0.732. The van der Waals surface area contributed by atoms with E-state index in [-0.39, 0.29) is 16.9 Å². The van der Waals surface area contributed by atoms with Gasteiger partial charge in [-0.25, -0.2) is 9.78 Å². The van der Waals surface area contributed by atoms with E-state index in [9.17, 15) is 9.59 Å². The first-order valence-corrected chi connectivity index (χ1v) is 5.77. The van der Waals surface area contributed by atoms with Gasteiger partial charge in [-0.15, -0.1) is 0 Å². The highest BCUT2D eigenvalue weighted by Crippen LogP contribution is 2.22. The van der Waals surface area contributed by atoms with Crippen LogP contribution in [0, 0.1) is 0 Å². The van der Waals surface area contributed by atoms with Crippen LogP contribution < -0.4 is 5.56 Å². The van der Waals surface area contributed by atoms with Crippen LogP contribution in [-0.2, 0) is 7.05 Å². The number of carboxylic acid groups (broad SMARTS) is 1. The largest absolute Gasteiger partial charge is 0.476 e. The molecule has 0 saturated carbocycles. The Labute approximate surface area is 111 Å². The Morgan fingerprint density at radius 3 is 2.84 bits per heavy atom. The molecule has 0 aliphatic carbocycles. The van der Waals surface area contributed by atoms with Gasteiger partial charge in [0.1, 0.15) is 6.33 Å². The molecule has 6 nitrogen and oxygen atoms in total. The van der Waals surface area contributed by atoms with Gasteiger partial charge in [0.15, 0.2) is 11.3 Å². The van der Waals surface area contributed by atoms with Crippen molar-refractivity contribution in [1.29, 1.82) is 0 Å². The fourth-order valence-electron chi connectivity index (χ4n) is 2.18. The highest BCUT2D eigenvalue weighted by Gasteiger charge is 2.18. The summed E-state index contributed by atoms with van der Waals surface area (Å²) in [5.74, 6) is -1.18. The minimum Gasteiger partial charge on any atom is -0.476 e. The molecule has 0 aliphatic rings. The van der Waals surface area contributed by atoms with Gasteiger partial charge in [-0.1, -0.05) is 17.7 Å². The Kier molecular flexibility index (Phi) is 2.36. The summed E-state index contributed by atoms with van der Waals surface area (Å²) < 4.78 is 2.79. The number of halogens is 1. The minimum absolute atomic E-state index is 0.165. The Hall–Kier alpha value is -2.34. The average molecular weight is 278 g/mol. The molecule has 0 radical (unpaired) electrons. The minimum atomic E-state index is -1.18. The van der Waals surface area contributed by atoms with E-state index < -0.39 is 5.97 Å². The highest BCUT2D eigenvalue weighted by molar-refractivity contribution is 6.35. The molecule has 0 aliphatic heterocycles. The maximum absolute atomic E-state index is 12.3. The molecule has 0 spiro atoms. The van der Waals surface area contributed by atoms with Crippen LogP contribution in [0.1, 0.15) is 10.5 Å². The number of nitrogens with zero attached hydrogens (tertiary/aromatic N) is 3. The summed E-state index contributed by atoms with van der Waals surface area (Å²) in [4.78, 5) is 27.2. The lowest BCUT2D eigenvalue weighted by molar-refractivity contribution is 0.0693.